The zero-order valence-corrected chi connectivity index (χ0v) is 15.8. The quantitative estimate of drug-likeness (QED) is 0.656. The number of nitrogens with two attached hydrogens (primary N) is 1. The van der Waals surface area contributed by atoms with Gasteiger partial charge in [-0.1, -0.05) is 35.5 Å². The van der Waals surface area contributed by atoms with Gasteiger partial charge in [0.05, 0.1) is 16.3 Å². The first-order chi connectivity index (χ1) is 13.4. The molecule has 4 rings (SSSR count). The van der Waals surface area contributed by atoms with Crippen molar-refractivity contribution < 1.29 is 13.2 Å². The Bertz CT molecular complexity index is 1120. The normalized spacial score (nSPS) is 14.0. The third kappa shape index (κ3) is 3.80. The average molecular weight is 397 g/mol. The summed E-state index contributed by atoms with van der Waals surface area (Å²) in [5.74, 6) is -0.0771. The van der Waals surface area contributed by atoms with Crippen molar-refractivity contribution in [1.29, 1.82) is 0 Å². The number of aromatic nitrogens is 3. The third-order valence-corrected chi connectivity index (χ3v) is 5.48. The van der Waals surface area contributed by atoms with Gasteiger partial charge >= 0.3 is 0 Å². The Balaban J connectivity index is 1.56. The number of nitrogens with zero attached hydrogens (tertiary/aromatic N) is 3. The molecule has 1 saturated carbocycles. The average Bonchev–Trinajstić information content (AvgIpc) is 3.44. The Morgan fingerprint density at radius 1 is 1.14 bits per heavy atom. The summed E-state index contributed by atoms with van der Waals surface area (Å²) in [7, 11) is -3.79. The summed E-state index contributed by atoms with van der Waals surface area (Å²) in [6, 6.07) is 15.7. The lowest BCUT2D eigenvalue weighted by atomic mass is 10.2. The van der Waals surface area contributed by atoms with Gasteiger partial charge in [0.1, 0.15) is 0 Å². The molecular weight excluding hydrogens is 378 g/mol. The highest BCUT2D eigenvalue weighted by Crippen LogP contribution is 2.41. The van der Waals surface area contributed by atoms with Crippen LogP contribution in [0.3, 0.4) is 0 Å². The number of amides is 1. The van der Waals surface area contributed by atoms with Gasteiger partial charge in [-0.15, -0.1) is 5.10 Å². The van der Waals surface area contributed by atoms with E-state index in [0.29, 0.717) is 11.3 Å². The van der Waals surface area contributed by atoms with E-state index in [-0.39, 0.29) is 23.3 Å². The molecule has 1 fully saturated rings. The smallest absolute Gasteiger partial charge is 0.274 e. The number of nitrogens with one attached hydrogen (secondary N) is 1. The molecule has 1 aromatic heterocycles. The number of rotatable bonds is 6. The number of carbonyl (C=O) groups excluding carboxylic acids is 1. The number of benzene rings is 2. The molecular formula is C19H19N5O3S. The minimum Gasteiger partial charge on any atom is -0.347 e. The van der Waals surface area contributed by atoms with Crippen LogP contribution in [0, 0.1) is 0 Å². The highest BCUT2D eigenvalue weighted by molar-refractivity contribution is 7.89. The summed E-state index contributed by atoms with van der Waals surface area (Å²) in [5, 5.41) is 16.2. The second kappa shape index (κ2) is 7.17. The minimum absolute atomic E-state index is 0.00735. The molecule has 1 heterocycles. The molecule has 144 valence electrons. The van der Waals surface area contributed by atoms with Gasteiger partial charge in [-0.05, 0) is 42.7 Å². The SMILES string of the molecule is NS(=O)(=O)c1cccc(CNC(=O)c2nnn(-c3ccccc3)c2C2CC2)c1. The van der Waals surface area contributed by atoms with Crippen molar-refractivity contribution in [2.75, 3.05) is 0 Å². The molecule has 2 aromatic carbocycles. The van der Waals surface area contributed by atoms with E-state index in [4.69, 9.17) is 5.14 Å². The highest BCUT2D eigenvalue weighted by atomic mass is 32.2. The molecule has 3 N–H and O–H groups in total. The molecule has 28 heavy (non-hydrogen) atoms. The van der Waals surface area contributed by atoms with Crippen molar-refractivity contribution in [3.63, 3.8) is 0 Å². The first-order valence-electron chi connectivity index (χ1n) is 8.84. The molecule has 1 aliphatic rings. The van der Waals surface area contributed by atoms with Crippen molar-refractivity contribution in [1.82, 2.24) is 20.3 Å². The van der Waals surface area contributed by atoms with Gasteiger partial charge < -0.3 is 5.32 Å². The lowest BCUT2D eigenvalue weighted by Crippen LogP contribution is -2.24. The largest absolute Gasteiger partial charge is 0.347 e. The van der Waals surface area contributed by atoms with E-state index in [1.165, 1.54) is 12.1 Å². The maximum absolute atomic E-state index is 12.7. The molecule has 0 spiro atoms. The van der Waals surface area contributed by atoms with Crippen LogP contribution >= 0.6 is 0 Å². The van der Waals surface area contributed by atoms with E-state index in [1.807, 2.05) is 30.3 Å². The van der Waals surface area contributed by atoms with Crippen molar-refractivity contribution >= 4 is 15.9 Å². The predicted molar refractivity (Wildman–Crippen MR) is 102 cm³/mol. The van der Waals surface area contributed by atoms with Crippen LogP contribution in [0.25, 0.3) is 5.69 Å². The van der Waals surface area contributed by atoms with Crippen molar-refractivity contribution in [2.24, 2.45) is 5.14 Å². The number of primary sulfonamides is 1. The Hall–Kier alpha value is -3.04. The van der Waals surface area contributed by atoms with Crippen LogP contribution in [0.4, 0.5) is 0 Å². The van der Waals surface area contributed by atoms with Gasteiger partial charge in [0.2, 0.25) is 10.0 Å². The molecule has 3 aromatic rings. The Morgan fingerprint density at radius 2 is 1.89 bits per heavy atom. The molecule has 0 saturated heterocycles. The van der Waals surface area contributed by atoms with Crippen LogP contribution in [0.1, 0.15) is 40.5 Å². The fourth-order valence-corrected chi connectivity index (χ4v) is 3.62. The van der Waals surface area contributed by atoms with Crippen LogP contribution in [0.2, 0.25) is 0 Å². The first-order valence-corrected chi connectivity index (χ1v) is 10.4. The topological polar surface area (TPSA) is 120 Å². The summed E-state index contributed by atoms with van der Waals surface area (Å²) < 4.78 is 24.7. The molecule has 0 unspecified atom stereocenters. The molecule has 9 heteroatoms. The zero-order valence-electron chi connectivity index (χ0n) is 14.9. The van der Waals surface area contributed by atoms with Crippen LogP contribution in [0.5, 0.6) is 0 Å². The van der Waals surface area contributed by atoms with Gasteiger partial charge in [-0.3, -0.25) is 4.79 Å². The molecule has 0 radical (unpaired) electrons. The minimum atomic E-state index is -3.79. The number of para-hydroxylation sites is 1. The summed E-state index contributed by atoms with van der Waals surface area (Å²) in [4.78, 5) is 12.7. The van der Waals surface area contributed by atoms with Gasteiger partial charge in [-0.25, -0.2) is 18.2 Å². The molecule has 0 aliphatic heterocycles. The molecule has 1 aliphatic carbocycles. The monoisotopic (exact) mass is 397 g/mol. The maximum Gasteiger partial charge on any atom is 0.274 e. The fourth-order valence-electron chi connectivity index (χ4n) is 3.03. The van der Waals surface area contributed by atoms with Crippen LogP contribution in [-0.2, 0) is 16.6 Å². The molecule has 1 amide bonds. The van der Waals surface area contributed by atoms with Gasteiger partial charge in [0.15, 0.2) is 5.69 Å². The van der Waals surface area contributed by atoms with Crippen molar-refractivity contribution in [2.45, 2.75) is 30.2 Å². The zero-order chi connectivity index (χ0) is 19.7. The van der Waals surface area contributed by atoms with E-state index in [1.54, 1.807) is 16.8 Å². The number of carbonyl (C=O) groups is 1. The Kier molecular flexibility index (Phi) is 4.70. The van der Waals surface area contributed by atoms with Crippen molar-refractivity contribution in [3.05, 3.63) is 71.5 Å². The van der Waals surface area contributed by atoms with E-state index >= 15 is 0 Å². The van der Waals surface area contributed by atoms with E-state index in [2.05, 4.69) is 15.6 Å². The summed E-state index contributed by atoms with van der Waals surface area (Å²) >= 11 is 0. The highest BCUT2D eigenvalue weighted by Gasteiger charge is 2.34. The summed E-state index contributed by atoms with van der Waals surface area (Å²) in [6.07, 6.45) is 1.99. The van der Waals surface area contributed by atoms with E-state index < -0.39 is 10.0 Å². The van der Waals surface area contributed by atoms with Gasteiger partial charge in [-0.2, -0.15) is 0 Å². The summed E-state index contributed by atoms with van der Waals surface area (Å²) in [6.45, 7) is 0.157. The first kappa shape index (κ1) is 18.3. The standard InChI is InChI=1S/C19H19N5O3S/c20-28(26,27)16-8-4-5-13(11-16)12-21-19(25)17-18(14-9-10-14)24(23-22-17)15-6-2-1-3-7-15/h1-8,11,14H,9-10,12H2,(H,21,25)(H2,20,26,27). The lowest BCUT2D eigenvalue weighted by Gasteiger charge is -2.08. The van der Waals surface area contributed by atoms with Gasteiger partial charge in [0, 0.05) is 12.5 Å². The van der Waals surface area contributed by atoms with Crippen LogP contribution < -0.4 is 10.5 Å². The van der Waals surface area contributed by atoms with E-state index in [0.717, 1.165) is 24.2 Å². The van der Waals surface area contributed by atoms with Crippen LogP contribution in [-0.4, -0.2) is 29.3 Å². The maximum atomic E-state index is 12.7. The van der Waals surface area contributed by atoms with Crippen LogP contribution in [0.15, 0.2) is 59.5 Å². The number of hydrogen-bond donors (Lipinski definition) is 2. The second-order valence-electron chi connectivity index (χ2n) is 6.72. The van der Waals surface area contributed by atoms with E-state index in [9.17, 15) is 13.2 Å². The molecule has 0 atom stereocenters. The number of hydrogen-bond acceptors (Lipinski definition) is 5. The predicted octanol–water partition coefficient (Wildman–Crippen LogP) is 1.72. The Morgan fingerprint density at radius 3 is 2.57 bits per heavy atom. The molecule has 0 bridgehead atoms. The second-order valence-corrected chi connectivity index (χ2v) is 8.28. The number of sulfonamides is 1. The molecule has 8 nitrogen and oxygen atoms in total. The lowest BCUT2D eigenvalue weighted by molar-refractivity contribution is 0.0944. The Labute approximate surface area is 162 Å². The summed E-state index contributed by atoms with van der Waals surface area (Å²) in [5.41, 5.74) is 2.59. The fraction of sp³-hybridized carbons (Fsp3) is 0.211. The van der Waals surface area contributed by atoms with Crippen molar-refractivity contribution in [3.8, 4) is 5.69 Å². The third-order valence-electron chi connectivity index (χ3n) is 4.56. The van der Waals surface area contributed by atoms with Gasteiger partial charge in [0.25, 0.3) is 5.91 Å².